The number of hydrogen-bond donors (Lipinski definition) is 2. The summed E-state index contributed by atoms with van der Waals surface area (Å²) < 4.78 is 36.6. The van der Waals surface area contributed by atoms with Crippen molar-refractivity contribution in [1.82, 2.24) is 9.96 Å². The van der Waals surface area contributed by atoms with E-state index in [2.05, 4.69) is 0 Å². The van der Waals surface area contributed by atoms with E-state index in [1.807, 2.05) is 4.90 Å². The van der Waals surface area contributed by atoms with Crippen LogP contribution in [0.15, 0.2) is 48.5 Å². The minimum Gasteiger partial charge on any atom is -0.457 e. The van der Waals surface area contributed by atoms with Gasteiger partial charge in [0, 0.05) is 24.7 Å². The molecule has 2 N–H and O–H groups in total. The van der Waals surface area contributed by atoms with Crippen LogP contribution in [0.2, 0.25) is 5.02 Å². The normalized spacial score (nSPS) is 15.5. The molecule has 1 amide bonds. The van der Waals surface area contributed by atoms with E-state index in [1.165, 1.54) is 12.1 Å². The Bertz CT molecular complexity index is 1050. The van der Waals surface area contributed by atoms with Crippen LogP contribution in [0.1, 0.15) is 0 Å². The molecule has 1 aliphatic heterocycles. The lowest BCUT2D eigenvalue weighted by Crippen LogP contribution is -2.48. The van der Waals surface area contributed by atoms with E-state index in [1.54, 1.807) is 36.4 Å². The van der Waals surface area contributed by atoms with E-state index in [9.17, 15) is 23.5 Å². The summed E-state index contributed by atoms with van der Waals surface area (Å²) in [6.07, 6.45) is -0.785. The maximum atomic E-state index is 12.4. The van der Waals surface area contributed by atoms with Crippen LogP contribution in [0.3, 0.4) is 0 Å². The Morgan fingerprint density at radius 3 is 2.24 bits per heavy atom. The summed E-state index contributed by atoms with van der Waals surface area (Å²) in [6, 6.07) is 12.9. The Labute approximate surface area is 203 Å². The van der Waals surface area contributed by atoms with E-state index < -0.39 is 28.6 Å². The number of sulfonamides is 1. The second kappa shape index (κ2) is 11.8. The average Bonchev–Trinajstić information content (AvgIpc) is 2.82. The Morgan fingerprint density at radius 1 is 1.12 bits per heavy atom. The Morgan fingerprint density at radius 2 is 1.68 bits per heavy atom. The number of amides is 1. The van der Waals surface area contributed by atoms with Crippen molar-refractivity contribution in [2.45, 2.75) is 6.10 Å². The third-order valence-electron chi connectivity index (χ3n) is 5.18. The van der Waals surface area contributed by atoms with Gasteiger partial charge in [-0.1, -0.05) is 11.6 Å². The molecule has 2 aromatic carbocycles. The van der Waals surface area contributed by atoms with Gasteiger partial charge in [0.25, 0.3) is 5.91 Å². The number of nitrogens with zero attached hydrogens (tertiary/aromatic N) is 3. The highest BCUT2D eigenvalue weighted by Gasteiger charge is 2.28. The first-order valence-electron chi connectivity index (χ1n) is 10.6. The topological polar surface area (TPSA) is 120 Å². The van der Waals surface area contributed by atoms with Crippen LogP contribution in [0.25, 0.3) is 0 Å². The number of aliphatic hydroxyl groups is 1. The zero-order valence-corrected chi connectivity index (χ0v) is 20.3. The van der Waals surface area contributed by atoms with Gasteiger partial charge in [-0.25, -0.2) is 13.5 Å². The molecular formula is C22H28ClN3O7S. The standard InChI is InChI=1S/C22H28ClN3O7S/c1-34(30,31)26(16-21(27)22(28)25(29)11-10-24-12-14-32-15-13-24)18-4-8-20(9-5-18)33-19-6-2-17(23)3-7-19/h2-9,21,27,29H,10-16H2,1H3/t21-/m0/s1. The SMILES string of the molecule is CS(=O)(=O)N(C[C@H](O)C(=O)N(O)CCN1CCOCC1)c1ccc(Oc2ccc(Cl)cc2)cc1. The minimum atomic E-state index is -3.83. The monoisotopic (exact) mass is 513 g/mol. The molecule has 3 rings (SSSR count). The fraction of sp³-hybridized carbons (Fsp3) is 0.409. The third-order valence-corrected chi connectivity index (χ3v) is 6.60. The number of carbonyl (C=O) groups excluding carboxylic acids is 1. The zero-order valence-electron chi connectivity index (χ0n) is 18.7. The molecule has 12 heteroatoms. The summed E-state index contributed by atoms with van der Waals surface area (Å²) in [5, 5.41) is 21.4. The maximum absolute atomic E-state index is 12.4. The highest BCUT2D eigenvalue weighted by Crippen LogP contribution is 2.26. The number of aliphatic hydroxyl groups excluding tert-OH is 1. The van der Waals surface area contributed by atoms with E-state index in [4.69, 9.17) is 21.1 Å². The summed E-state index contributed by atoms with van der Waals surface area (Å²) in [6.45, 7) is 2.36. The molecule has 1 aliphatic rings. The molecule has 0 spiro atoms. The van der Waals surface area contributed by atoms with Gasteiger partial charge in [0.1, 0.15) is 11.5 Å². The second-order valence-corrected chi connectivity index (χ2v) is 10.1. The number of benzene rings is 2. The lowest BCUT2D eigenvalue weighted by atomic mass is 10.2. The van der Waals surface area contributed by atoms with E-state index in [0.29, 0.717) is 54.4 Å². The quantitative estimate of drug-likeness (QED) is 0.364. The molecule has 0 bridgehead atoms. The third kappa shape index (κ3) is 7.55. The molecule has 1 heterocycles. The van der Waals surface area contributed by atoms with E-state index >= 15 is 0 Å². The summed E-state index contributed by atoms with van der Waals surface area (Å²) in [5.74, 6) is 0.0312. The molecule has 34 heavy (non-hydrogen) atoms. The number of ether oxygens (including phenoxy) is 2. The molecule has 0 aromatic heterocycles. The summed E-state index contributed by atoms with van der Waals surface area (Å²) in [5.41, 5.74) is 0.232. The number of rotatable bonds is 10. The van der Waals surface area contributed by atoms with Crippen molar-refractivity contribution in [1.29, 1.82) is 0 Å². The lowest BCUT2D eigenvalue weighted by Gasteiger charge is -2.29. The molecule has 186 valence electrons. The zero-order chi connectivity index (χ0) is 24.7. The van der Waals surface area contributed by atoms with Gasteiger partial charge in [-0.05, 0) is 48.5 Å². The van der Waals surface area contributed by atoms with Gasteiger partial charge in [0.05, 0.1) is 38.2 Å². The number of carbonyl (C=O) groups is 1. The summed E-state index contributed by atoms with van der Waals surface area (Å²) in [7, 11) is -3.83. The number of hydroxylamine groups is 2. The Balaban J connectivity index is 1.62. The minimum absolute atomic E-state index is 0.0223. The van der Waals surface area contributed by atoms with Gasteiger partial charge in [-0.2, -0.15) is 0 Å². The molecule has 1 saturated heterocycles. The van der Waals surface area contributed by atoms with Crippen LogP contribution < -0.4 is 9.04 Å². The van der Waals surface area contributed by atoms with Crippen LogP contribution in [0.5, 0.6) is 11.5 Å². The van der Waals surface area contributed by atoms with Crippen LogP contribution in [-0.2, 0) is 19.6 Å². The van der Waals surface area contributed by atoms with Crippen molar-refractivity contribution in [2.75, 3.05) is 56.5 Å². The van der Waals surface area contributed by atoms with Crippen LogP contribution in [-0.4, -0.2) is 92.9 Å². The van der Waals surface area contributed by atoms with Crippen molar-refractivity contribution in [2.24, 2.45) is 0 Å². The predicted octanol–water partition coefficient (Wildman–Crippen LogP) is 1.81. The molecule has 10 nitrogen and oxygen atoms in total. The van der Waals surface area contributed by atoms with Crippen molar-refractivity contribution >= 4 is 33.2 Å². The molecule has 0 unspecified atom stereocenters. The predicted molar refractivity (Wildman–Crippen MR) is 127 cm³/mol. The summed E-state index contributed by atoms with van der Waals surface area (Å²) in [4.78, 5) is 14.4. The van der Waals surface area contributed by atoms with E-state index in [-0.39, 0.29) is 12.2 Å². The molecule has 0 saturated carbocycles. The summed E-state index contributed by atoms with van der Waals surface area (Å²) >= 11 is 5.86. The first-order valence-corrected chi connectivity index (χ1v) is 12.9. The van der Waals surface area contributed by atoms with Crippen molar-refractivity contribution in [3.8, 4) is 11.5 Å². The molecule has 0 aliphatic carbocycles. The first-order chi connectivity index (χ1) is 16.1. The lowest BCUT2D eigenvalue weighted by molar-refractivity contribution is -0.175. The largest absolute Gasteiger partial charge is 0.457 e. The number of morpholine rings is 1. The van der Waals surface area contributed by atoms with Crippen LogP contribution in [0, 0.1) is 0 Å². The fourth-order valence-electron chi connectivity index (χ4n) is 3.33. The fourth-order valence-corrected chi connectivity index (χ4v) is 4.37. The average molecular weight is 514 g/mol. The highest BCUT2D eigenvalue weighted by molar-refractivity contribution is 7.92. The first kappa shape index (κ1) is 26.2. The smallest absolute Gasteiger partial charge is 0.276 e. The van der Waals surface area contributed by atoms with Crippen LogP contribution >= 0.6 is 11.6 Å². The Kier molecular flexibility index (Phi) is 9.11. The van der Waals surface area contributed by atoms with E-state index in [0.717, 1.165) is 10.6 Å². The number of halogens is 1. The van der Waals surface area contributed by atoms with Gasteiger partial charge in [0.2, 0.25) is 10.0 Å². The highest BCUT2D eigenvalue weighted by atomic mass is 35.5. The van der Waals surface area contributed by atoms with Gasteiger partial charge in [-0.3, -0.25) is 19.2 Å². The molecule has 1 atom stereocenters. The number of hydrogen-bond acceptors (Lipinski definition) is 8. The van der Waals surface area contributed by atoms with Gasteiger partial charge in [0.15, 0.2) is 6.10 Å². The maximum Gasteiger partial charge on any atom is 0.276 e. The van der Waals surface area contributed by atoms with Crippen LogP contribution in [0.4, 0.5) is 5.69 Å². The molecule has 0 radical (unpaired) electrons. The van der Waals surface area contributed by atoms with Crippen molar-refractivity contribution in [3.63, 3.8) is 0 Å². The van der Waals surface area contributed by atoms with Gasteiger partial charge >= 0.3 is 0 Å². The number of anilines is 1. The second-order valence-electron chi connectivity index (χ2n) is 7.78. The van der Waals surface area contributed by atoms with Crippen molar-refractivity contribution in [3.05, 3.63) is 53.6 Å². The molecule has 1 fully saturated rings. The molecule has 2 aromatic rings. The molecular weight excluding hydrogens is 486 g/mol. The van der Waals surface area contributed by atoms with Crippen molar-refractivity contribution < 1.29 is 33.0 Å². The van der Waals surface area contributed by atoms with Gasteiger partial charge in [-0.15, -0.1) is 0 Å². The van der Waals surface area contributed by atoms with Gasteiger partial charge < -0.3 is 14.6 Å². The Hall–Kier alpha value is -2.41.